The van der Waals surface area contributed by atoms with Gasteiger partial charge in [0.15, 0.2) is 0 Å². The molecule has 0 aliphatic rings. The predicted octanol–water partition coefficient (Wildman–Crippen LogP) is 0.906. The first-order valence-electron chi connectivity index (χ1n) is 3.51. The minimum atomic E-state index is -0.984. The van der Waals surface area contributed by atoms with E-state index in [0.29, 0.717) is 12.1 Å². The van der Waals surface area contributed by atoms with Gasteiger partial charge in [0.25, 0.3) is 0 Å². The standard InChI is InChI=1S/C7H11FN2O/c1-6(8)7-4-9-10(5-7)2-3-11/h4-6,11H,2-3H2,1H3. The first-order valence-corrected chi connectivity index (χ1v) is 3.51. The van der Waals surface area contributed by atoms with Crippen molar-refractivity contribution in [1.82, 2.24) is 9.78 Å². The van der Waals surface area contributed by atoms with Crippen molar-refractivity contribution in [1.29, 1.82) is 0 Å². The lowest BCUT2D eigenvalue weighted by molar-refractivity contribution is 0.269. The lowest BCUT2D eigenvalue weighted by Crippen LogP contribution is -2.01. The van der Waals surface area contributed by atoms with Crippen LogP contribution in [0.2, 0.25) is 0 Å². The lowest BCUT2D eigenvalue weighted by Gasteiger charge is -1.95. The van der Waals surface area contributed by atoms with E-state index in [1.54, 1.807) is 6.20 Å². The van der Waals surface area contributed by atoms with Crippen LogP contribution in [0.1, 0.15) is 18.7 Å². The molecule has 1 atom stereocenters. The minimum absolute atomic E-state index is 0.0296. The molecule has 0 saturated heterocycles. The number of aromatic nitrogens is 2. The van der Waals surface area contributed by atoms with Crippen molar-refractivity contribution in [2.75, 3.05) is 6.61 Å². The molecule has 4 heteroatoms. The Morgan fingerprint density at radius 1 is 1.82 bits per heavy atom. The fourth-order valence-corrected chi connectivity index (χ4v) is 0.810. The Bertz CT molecular complexity index is 222. The van der Waals surface area contributed by atoms with E-state index in [1.165, 1.54) is 17.8 Å². The zero-order valence-electron chi connectivity index (χ0n) is 6.37. The summed E-state index contributed by atoms with van der Waals surface area (Å²) in [7, 11) is 0. The molecule has 62 valence electrons. The van der Waals surface area contributed by atoms with Gasteiger partial charge < -0.3 is 5.11 Å². The molecular formula is C7H11FN2O. The molecule has 0 aromatic carbocycles. The van der Waals surface area contributed by atoms with E-state index in [-0.39, 0.29) is 6.61 Å². The Morgan fingerprint density at radius 3 is 3.00 bits per heavy atom. The van der Waals surface area contributed by atoms with Crippen LogP contribution < -0.4 is 0 Å². The maximum atomic E-state index is 12.6. The van der Waals surface area contributed by atoms with E-state index in [1.807, 2.05) is 0 Å². The van der Waals surface area contributed by atoms with Gasteiger partial charge in [-0.1, -0.05) is 0 Å². The van der Waals surface area contributed by atoms with Gasteiger partial charge in [0.05, 0.1) is 19.3 Å². The monoisotopic (exact) mass is 158 g/mol. The van der Waals surface area contributed by atoms with Gasteiger partial charge in [0, 0.05) is 11.8 Å². The number of aliphatic hydroxyl groups excluding tert-OH is 1. The van der Waals surface area contributed by atoms with Gasteiger partial charge in [-0.3, -0.25) is 4.68 Å². The van der Waals surface area contributed by atoms with E-state index in [9.17, 15) is 4.39 Å². The second-order valence-electron chi connectivity index (χ2n) is 2.38. The highest BCUT2D eigenvalue weighted by Gasteiger charge is 2.04. The predicted molar refractivity (Wildman–Crippen MR) is 38.8 cm³/mol. The third-order valence-electron chi connectivity index (χ3n) is 1.44. The summed E-state index contributed by atoms with van der Waals surface area (Å²) in [4.78, 5) is 0. The molecule has 0 aliphatic heterocycles. The average Bonchev–Trinajstić information content (AvgIpc) is 2.37. The normalized spacial score (nSPS) is 13.4. The Morgan fingerprint density at radius 2 is 2.55 bits per heavy atom. The van der Waals surface area contributed by atoms with Crippen molar-refractivity contribution >= 4 is 0 Å². The van der Waals surface area contributed by atoms with Crippen molar-refractivity contribution in [2.24, 2.45) is 0 Å². The quantitative estimate of drug-likeness (QED) is 0.709. The van der Waals surface area contributed by atoms with Gasteiger partial charge in [-0.15, -0.1) is 0 Å². The van der Waals surface area contributed by atoms with E-state index < -0.39 is 6.17 Å². The molecule has 0 bridgehead atoms. The van der Waals surface area contributed by atoms with Crippen LogP contribution in [0.25, 0.3) is 0 Å². The lowest BCUT2D eigenvalue weighted by atomic mass is 10.3. The molecule has 0 aliphatic carbocycles. The summed E-state index contributed by atoms with van der Waals surface area (Å²) in [6.45, 7) is 1.91. The van der Waals surface area contributed by atoms with Gasteiger partial charge in [0.1, 0.15) is 6.17 Å². The molecule has 0 fully saturated rings. The van der Waals surface area contributed by atoms with Crippen LogP contribution in [-0.2, 0) is 6.54 Å². The summed E-state index contributed by atoms with van der Waals surface area (Å²) in [6, 6.07) is 0. The van der Waals surface area contributed by atoms with Crippen LogP contribution in [0.15, 0.2) is 12.4 Å². The maximum Gasteiger partial charge on any atom is 0.125 e. The molecular weight excluding hydrogens is 147 g/mol. The molecule has 1 N–H and O–H groups in total. The molecule has 0 radical (unpaired) electrons. The summed E-state index contributed by atoms with van der Waals surface area (Å²) in [6.07, 6.45) is 2.09. The van der Waals surface area contributed by atoms with Crippen molar-refractivity contribution in [3.8, 4) is 0 Å². The number of nitrogens with zero attached hydrogens (tertiary/aromatic N) is 2. The largest absolute Gasteiger partial charge is 0.394 e. The highest BCUT2D eigenvalue weighted by molar-refractivity contribution is 5.06. The molecule has 1 aromatic heterocycles. The maximum absolute atomic E-state index is 12.6. The number of hydrogen-bond donors (Lipinski definition) is 1. The van der Waals surface area contributed by atoms with E-state index in [4.69, 9.17) is 5.11 Å². The first kappa shape index (κ1) is 8.20. The topological polar surface area (TPSA) is 38.0 Å². The van der Waals surface area contributed by atoms with E-state index >= 15 is 0 Å². The molecule has 1 aromatic rings. The molecule has 11 heavy (non-hydrogen) atoms. The fraction of sp³-hybridized carbons (Fsp3) is 0.571. The van der Waals surface area contributed by atoms with Crippen LogP contribution in [0.5, 0.6) is 0 Å². The minimum Gasteiger partial charge on any atom is -0.394 e. The summed E-state index contributed by atoms with van der Waals surface area (Å²) < 4.78 is 14.1. The third kappa shape index (κ3) is 2.01. The molecule has 1 rings (SSSR count). The number of rotatable bonds is 3. The van der Waals surface area contributed by atoms with E-state index in [0.717, 1.165) is 0 Å². The van der Waals surface area contributed by atoms with E-state index in [2.05, 4.69) is 5.10 Å². The number of aliphatic hydroxyl groups is 1. The number of hydrogen-bond acceptors (Lipinski definition) is 2. The Hall–Kier alpha value is -0.900. The smallest absolute Gasteiger partial charge is 0.125 e. The third-order valence-corrected chi connectivity index (χ3v) is 1.44. The van der Waals surface area contributed by atoms with Gasteiger partial charge in [0.2, 0.25) is 0 Å². The fourth-order valence-electron chi connectivity index (χ4n) is 0.810. The Kier molecular flexibility index (Phi) is 2.59. The SMILES string of the molecule is CC(F)c1cnn(CCO)c1. The number of halogens is 1. The second kappa shape index (κ2) is 3.48. The molecule has 3 nitrogen and oxygen atoms in total. The molecule has 1 heterocycles. The Balaban J connectivity index is 2.66. The van der Waals surface area contributed by atoms with Crippen LogP contribution in [0.3, 0.4) is 0 Å². The number of alkyl halides is 1. The molecule has 1 unspecified atom stereocenters. The summed E-state index contributed by atoms with van der Waals surface area (Å²) in [5.74, 6) is 0. The second-order valence-corrected chi connectivity index (χ2v) is 2.38. The Labute approximate surface area is 64.5 Å². The summed E-state index contributed by atoms with van der Waals surface area (Å²) in [5.41, 5.74) is 0.554. The van der Waals surface area contributed by atoms with Gasteiger partial charge >= 0.3 is 0 Å². The summed E-state index contributed by atoms with van der Waals surface area (Å²) in [5, 5.41) is 12.4. The zero-order chi connectivity index (χ0) is 8.27. The van der Waals surface area contributed by atoms with Crippen LogP contribution in [0.4, 0.5) is 4.39 Å². The highest BCUT2D eigenvalue weighted by Crippen LogP contribution is 2.14. The average molecular weight is 158 g/mol. The molecule has 0 amide bonds. The highest BCUT2D eigenvalue weighted by atomic mass is 19.1. The van der Waals surface area contributed by atoms with Crippen molar-refractivity contribution in [3.05, 3.63) is 18.0 Å². The van der Waals surface area contributed by atoms with Crippen molar-refractivity contribution < 1.29 is 9.50 Å². The first-order chi connectivity index (χ1) is 5.24. The van der Waals surface area contributed by atoms with Gasteiger partial charge in [-0.2, -0.15) is 5.10 Å². The molecule has 0 saturated carbocycles. The van der Waals surface area contributed by atoms with Crippen molar-refractivity contribution in [3.63, 3.8) is 0 Å². The van der Waals surface area contributed by atoms with Gasteiger partial charge in [-0.25, -0.2) is 4.39 Å². The van der Waals surface area contributed by atoms with Crippen molar-refractivity contribution in [2.45, 2.75) is 19.6 Å². The van der Waals surface area contributed by atoms with Crippen LogP contribution in [0, 0.1) is 0 Å². The van der Waals surface area contributed by atoms with Crippen LogP contribution in [-0.4, -0.2) is 21.5 Å². The molecule has 0 spiro atoms. The van der Waals surface area contributed by atoms with Gasteiger partial charge in [-0.05, 0) is 6.92 Å². The summed E-state index contributed by atoms with van der Waals surface area (Å²) >= 11 is 0. The van der Waals surface area contributed by atoms with Crippen LogP contribution >= 0.6 is 0 Å². The zero-order valence-corrected chi connectivity index (χ0v) is 6.37.